The number of aromatic nitrogens is 1. The molecule has 1 N–H and O–H groups in total. The second-order valence-corrected chi connectivity index (χ2v) is 8.44. The number of benzene rings is 2. The Morgan fingerprint density at radius 3 is 2.79 bits per heavy atom. The van der Waals surface area contributed by atoms with Crippen LogP contribution in [0.15, 0.2) is 48.5 Å². The zero-order valence-electron chi connectivity index (χ0n) is 18.2. The van der Waals surface area contributed by atoms with E-state index < -0.39 is 17.0 Å². The molecule has 33 heavy (non-hydrogen) atoms. The smallest absolute Gasteiger partial charge is 0.269 e. The summed E-state index contributed by atoms with van der Waals surface area (Å²) in [6, 6.07) is 12.9. The number of ether oxygens (including phenoxy) is 1. The lowest BCUT2D eigenvalue weighted by Gasteiger charge is -2.47. The molecule has 0 saturated carbocycles. The molecule has 2 aliphatic heterocycles. The highest BCUT2D eigenvalue weighted by Gasteiger charge is 2.48. The Morgan fingerprint density at radius 2 is 2.00 bits per heavy atom. The second-order valence-electron chi connectivity index (χ2n) is 8.44. The molecule has 3 aromatic rings. The number of hydrogen-bond donors (Lipinski definition) is 1. The van der Waals surface area contributed by atoms with Crippen molar-refractivity contribution >= 4 is 28.4 Å². The number of piperazine rings is 1. The van der Waals surface area contributed by atoms with Gasteiger partial charge in [0.15, 0.2) is 0 Å². The van der Waals surface area contributed by atoms with Crippen LogP contribution >= 0.6 is 0 Å². The number of para-hydroxylation sites is 1. The van der Waals surface area contributed by atoms with Crippen LogP contribution in [0.5, 0.6) is 0 Å². The summed E-state index contributed by atoms with van der Waals surface area (Å²) in [7, 11) is 1.61. The predicted octanol–water partition coefficient (Wildman–Crippen LogP) is 2.80. The van der Waals surface area contributed by atoms with Crippen molar-refractivity contribution in [2.75, 3.05) is 26.8 Å². The van der Waals surface area contributed by atoms with E-state index in [0.717, 1.165) is 22.2 Å². The molecule has 0 radical (unpaired) electrons. The van der Waals surface area contributed by atoms with E-state index in [0.29, 0.717) is 31.6 Å². The van der Waals surface area contributed by atoms with Crippen molar-refractivity contribution < 1.29 is 19.2 Å². The lowest BCUT2D eigenvalue weighted by atomic mass is 9.86. The number of hydrogen-bond acceptors (Lipinski definition) is 5. The van der Waals surface area contributed by atoms with E-state index in [4.69, 9.17) is 4.74 Å². The number of amides is 2. The lowest BCUT2D eigenvalue weighted by Crippen LogP contribution is -2.63. The summed E-state index contributed by atoms with van der Waals surface area (Å²) in [5.74, 6) is -0.269. The van der Waals surface area contributed by atoms with Gasteiger partial charge < -0.3 is 19.5 Å². The SMILES string of the molecule is COCCCN1CC(=O)N2[C@@H](c3cccc([N+](=O)[O-])c3)c3[nH]c4ccccc4c3C[C@H]2C1=O. The lowest BCUT2D eigenvalue weighted by molar-refractivity contribution is -0.384. The van der Waals surface area contributed by atoms with Crippen LogP contribution in [0.2, 0.25) is 0 Å². The van der Waals surface area contributed by atoms with Crippen molar-refractivity contribution in [3.05, 3.63) is 75.5 Å². The number of methoxy groups -OCH3 is 1. The maximum Gasteiger partial charge on any atom is 0.269 e. The fourth-order valence-corrected chi connectivity index (χ4v) is 5.07. The highest BCUT2D eigenvalue weighted by molar-refractivity contribution is 5.97. The molecule has 3 heterocycles. The predicted molar refractivity (Wildman–Crippen MR) is 121 cm³/mol. The average molecular weight is 448 g/mol. The van der Waals surface area contributed by atoms with Gasteiger partial charge in [0.1, 0.15) is 6.04 Å². The van der Waals surface area contributed by atoms with Crippen molar-refractivity contribution in [3.8, 4) is 0 Å². The van der Waals surface area contributed by atoms with E-state index in [2.05, 4.69) is 4.98 Å². The standard InChI is InChI=1S/C24H24N4O5/c1-33-11-5-10-26-14-21(29)27-20(24(26)30)13-18-17-8-2-3-9-19(17)25-22(18)23(27)15-6-4-7-16(12-15)28(31)32/h2-4,6-9,12,20,23,25H,5,10-11,13-14H2,1H3/t20-,23-/m0/s1. The Morgan fingerprint density at radius 1 is 1.18 bits per heavy atom. The van der Waals surface area contributed by atoms with Gasteiger partial charge in [0, 0.05) is 55.4 Å². The summed E-state index contributed by atoms with van der Waals surface area (Å²) >= 11 is 0. The number of carbonyl (C=O) groups is 2. The highest BCUT2D eigenvalue weighted by atomic mass is 16.6. The van der Waals surface area contributed by atoms with Crippen LogP contribution in [0.1, 0.15) is 29.3 Å². The molecule has 9 heteroatoms. The van der Waals surface area contributed by atoms with E-state index in [-0.39, 0.29) is 24.0 Å². The molecule has 0 aliphatic carbocycles. The van der Waals surface area contributed by atoms with Crippen LogP contribution in [-0.4, -0.2) is 64.4 Å². The van der Waals surface area contributed by atoms with E-state index in [1.165, 1.54) is 12.1 Å². The van der Waals surface area contributed by atoms with Crippen LogP contribution in [-0.2, 0) is 20.7 Å². The number of nitro groups is 1. The molecule has 0 bridgehead atoms. The van der Waals surface area contributed by atoms with E-state index >= 15 is 0 Å². The Hall–Kier alpha value is -3.72. The minimum atomic E-state index is -0.662. The molecule has 1 aromatic heterocycles. The molecule has 170 valence electrons. The molecule has 2 aromatic carbocycles. The molecule has 0 unspecified atom stereocenters. The van der Waals surface area contributed by atoms with Gasteiger partial charge in [-0.05, 0) is 23.6 Å². The molecular formula is C24H24N4O5. The minimum Gasteiger partial charge on any atom is -0.385 e. The van der Waals surface area contributed by atoms with E-state index in [1.54, 1.807) is 29.0 Å². The van der Waals surface area contributed by atoms with E-state index in [9.17, 15) is 19.7 Å². The molecule has 1 saturated heterocycles. The van der Waals surface area contributed by atoms with Gasteiger partial charge in [-0.15, -0.1) is 0 Å². The van der Waals surface area contributed by atoms with Gasteiger partial charge >= 0.3 is 0 Å². The molecule has 1 fully saturated rings. The van der Waals surface area contributed by atoms with Crippen LogP contribution in [0.25, 0.3) is 10.9 Å². The maximum absolute atomic E-state index is 13.5. The van der Waals surface area contributed by atoms with Gasteiger partial charge in [-0.3, -0.25) is 19.7 Å². The second kappa shape index (κ2) is 8.32. The Kier molecular flexibility index (Phi) is 5.33. The number of rotatable bonds is 6. The summed E-state index contributed by atoms with van der Waals surface area (Å²) in [5, 5.41) is 12.4. The van der Waals surface area contributed by atoms with Crippen LogP contribution in [0.3, 0.4) is 0 Å². The van der Waals surface area contributed by atoms with Crippen LogP contribution in [0, 0.1) is 10.1 Å². The normalized spacial score (nSPS) is 20.2. The number of nitrogens with zero attached hydrogens (tertiary/aromatic N) is 3. The molecular weight excluding hydrogens is 424 g/mol. The molecule has 2 amide bonds. The first-order valence-electron chi connectivity index (χ1n) is 10.9. The molecule has 2 aliphatic rings. The first kappa shape index (κ1) is 21.1. The quantitative estimate of drug-likeness (QED) is 0.354. The van der Waals surface area contributed by atoms with Crippen LogP contribution < -0.4 is 0 Å². The first-order valence-corrected chi connectivity index (χ1v) is 10.9. The monoisotopic (exact) mass is 448 g/mol. The summed E-state index contributed by atoms with van der Waals surface area (Å²) in [4.78, 5) is 44.5. The fraction of sp³-hybridized carbons (Fsp3) is 0.333. The largest absolute Gasteiger partial charge is 0.385 e. The number of H-pyrrole nitrogens is 1. The maximum atomic E-state index is 13.5. The first-order chi connectivity index (χ1) is 16.0. The number of non-ortho nitro benzene ring substituents is 1. The van der Waals surface area contributed by atoms with Gasteiger partial charge in [0.05, 0.1) is 17.5 Å². The van der Waals surface area contributed by atoms with Crippen molar-refractivity contribution in [2.24, 2.45) is 0 Å². The van der Waals surface area contributed by atoms with Gasteiger partial charge in [0.25, 0.3) is 5.69 Å². The summed E-state index contributed by atoms with van der Waals surface area (Å²) in [6.45, 7) is 0.945. The third-order valence-corrected chi connectivity index (χ3v) is 6.52. The highest BCUT2D eigenvalue weighted by Crippen LogP contribution is 2.43. The van der Waals surface area contributed by atoms with Gasteiger partial charge in [-0.2, -0.15) is 0 Å². The summed E-state index contributed by atoms with van der Waals surface area (Å²) in [6.07, 6.45) is 1.05. The third-order valence-electron chi connectivity index (χ3n) is 6.52. The fourth-order valence-electron chi connectivity index (χ4n) is 5.07. The Labute approximate surface area is 190 Å². The zero-order chi connectivity index (χ0) is 23.1. The zero-order valence-corrected chi connectivity index (χ0v) is 18.2. The third kappa shape index (κ3) is 3.54. The van der Waals surface area contributed by atoms with Crippen molar-refractivity contribution in [2.45, 2.75) is 24.9 Å². The van der Waals surface area contributed by atoms with Crippen molar-refractivity contribution in [1.29, 1.82) is 0 Å². The summed E-state index contributed by atoms with van der Waals surface area (Å²) < 4.78 is 5.10. The number of aromatic amines is 1. The van der Waals surface area contributed by atoms with Gasteiger partial charge in [0.2, 0.25) is 11.8 Å². The Balaban J connectivity index is 1.63. The van der Waals surface area contributed by atoms with Crippen LogP contribution in [0.4, 0.5) is 5.69 Å². The number of nitrogens with one attached hydrogen (secondary N) is 1. The number of nitro benzene ring substituents is 1. The molecule has 2 atom stereocenters. The van der Waals surface area contributed by atoms with Crippen molar-refractivity contribution in [1.82, 2.24) is 14.8 Å². The van der Waals surface area contributed by atoms with Gasteiger partial charge in [-0.25, -0.2) is 0 Å². The summed E-state index contributed by atoms with van der Waals surface area (Å²) in [5.41, 5.74) is 3.25. The topological polar surface area (TPSA) is 109 Å². The average Bonchev–Trinajstić information content (AvgIpc) is 3.19. The molecule has 9 nitrogen and oxygen atoms in total. The number of carbonyl (C=O) groups excluding carboxylic acids is 2. The van der Waals surface area contributed by atoms with E-state index in [1.807, 2.05) is 24.3 Å². The van der Waals surface area contributed by atoms with Gasteiger partial charge in [-0.1, -0.05) is 30.3 Å². The van der Waals surface area contributed by atoms with Crippen molar-refractivity contribution in [3.63, 3.8) is 0 Å². The molecule has 0 spiro atoms. The minimum absolute atomic E-state index is 0.0139. The number of fused-ring (bicyclic) bond motifs is 4. The molecule has 5 rings (SSSR count). The Bertz CT molecular complexity index is 1250.